The lowest BCUT2D eigenvalue weighted by Crippen LogP contribution is -2.44. The zero-order valence-corrected chi connectivity index (χ0v) is 11.9. The summed E-state index contributed by atoms with van der Waals surface area (Å²) in [6.07, 6.45) is -4.54. The number of amides is 1. The van der Waals surface area contributed by atoms with Crippen LogP contribution in [0.15, 0.2) is 0 Å². The molecule has 1 amide bonds. The topological polar surface area (TPSA) is 131 Å². The van der Waals surface area contributed by atoms with Gasteiger partial charge in [-0.2, -0.15) is 0 Å². The fourth-order valence-corrected chi connectivity index (χ4v) is 1.94. The SMILES string of the molecule is CC(=O)OC[C@H]1O[C@@H](C(N)=O)[C@H](OC(C)=O)[C@@H]1OC(C)=O. The van der Waals surface area contributed by atoms with Gasteiger partial charge >= 0.3 is 17.9 Å². The van der Waals surface area contributed by atoms with E-state index in [-0.39, 0.29) is 6.61 Å². The highest BCUT2D eigenvalue weighted by Gasteiger charge is 2.51. The van der Waals surface area contributed by atoms with E-state index < -0.39 is 48.2 Å². The Hall–Kier alpha value is -2.16. The molecular weight excluding hydrogens is 286 g/mol. The first-order chi connectivity index (χ1) is 9.72. The van der Waals surface area contributed by atoms with Crippen LogP contribution in [0.1, 0.15) is 20.8 Å². The number of hydrogen-bond donors (Lipinski definition) is 1. The van der Waals surface area contributed by atoms with Gasteiger partial charge in [0.2, 0.25) is 0 Å². The first-order valence-corrected chi connectivity index (χ1v) is 6.15. The highest BCUT2D eigenvalue weighted by molar-refractivity contribution is 5.81. The standard InChI is InChI=1S/C12H17NO8/c1-5(14)18-4-8-9(19-6(2)15)10(20-7(3)16)11(21-8)12(13)17/h8-11H,4H2,1-3H3,(H2,13,17)/t8-,9-,10-,11-/m1/s1. The van der Waals surface area contributed by atoms with Crippen LogP contribution in [-0.2, 0) is 38.1 Å². The van der Waals surface area contributed by atoms with Crippen LogP contribution in [0.2, 0.25) is 0 Å². The average Bonchev–Trinajstić information content (AvgIpc) is 2.64. The van der Waals surface area contributed by atoms with Gasteiger partial charge in [0, 0.05) is 20.8 Å². The molecule has 2 N–H and O–H groups in total. The lowest BCUT2D eigenvalue weighted by atomic mass is 10.1. The van der Waals surface area contributed by atoms with E-state index >= 15 is 0 Å². The molecule has 0 saturated carbocycles. The van der Waals surface area contributed by atoms with Crippen molar-refractivity contribution >= 4 is 23.8 Å². The fourth-order valence-electron chi connectivity index (χ4n) is 1.94. The molecule has 1 aliphatic heterocycles. The van der Waals surface area contributed by atoms with Crippen LogP contribution in [0, 0.1) is 0 Å². The minimum Gasteiger partial charge on any atom is -0.463 e. The Kier molecular flexibility index (Phi) is 5.65. The third kappa shape index (κ3) is 4.71. The third-order valence-corrected chi connectivity index (χ3v) is 2.65. The van der Waals surface area contributed by atoms with Gasteiger partial charge in [-0.25, -0.2) is 0 Å². The summed E-state index contributed by atoms with van der Waals surface area (Å²) < 4.78 is 20.0. The number of primary amides is 1. The second kappa shape index (κ2) is 7.02. The molecule has 0 spiro atoms. The molecule has 9 heteroatoms. The molecule has 0 aromatic rings. The maximum atomic E-state index is 11.4. The Balaban J connectivity index is 2.95. The van der Waals surface area contributed by atoms with Gasteiger partial charge in [-0.15, -0.1) is 0 Å². The normalized spacial score (nSPS) is 27.8. The summed E-state index contributed by atoms with van der Waals surface area (Å²) in [4.78, 5) is 44.5. The van der Waals surface area contributed by atoms with Crippen LogP contribution >= 0.6 is 0 Å². The van der Waals surface area contributed by atoms with E-state index in [1.807, 2.05) is 0 Å². The molecule has 1 fully saturated rings. The zero-order chi connectivity index (χ0) is 16.2. The number of carbonyl (C=O) groups excluding carboxylic acids is 4. The van der Waals surface area contributed by atoms with Gasteiger partial charge in [0.1, 0.15) is 12.7 Å². The number of rotatable bonds is 5. The minimum absolute atomic E-state index is 0.269. The van der Waals surface area contributed by atoms with Crippen LogP contribution in [0.4, 0.5) is 0 Å². The minimum atomic E-state index is -1.29. The second-order valence-corrected chi connectivity index (χ2v) is 4.45. The van der Waals surface area contributed by atoms with Crippen molar-refractivity contribution in [2.24, 2.45) is 5.73 Å². The molecule has 1 saturated heterocycles. The highest BCUT2D eigenvalue weighted by atomic mass is 16.7. The summed E-state index contributed by atoms with van der Waals surface area (Å²) in [7, 11) is 0. The maximum Gasteiger partial charge on any atom is 0.303 e. The van der Waals surface area contributed by atoms with Gasteiger partial charge in [0.15, 0.2) is 18.3 Å². The van der Waals surface area contributed by atoms with Crippen molar-refractivity contribution in [1.29, 1.82) is 0 Å². The first kappa shape index (κ1) is 16.9. The van der Waals surface area contributed by atoms with E-state index in [4.69, 9.17) is 24.7 Å². The van der Waals surface area contributed by atoms with Crippen molar-refractivity contribution in [2.45, 2.75) is 45.2 Å². The molecule has 1 aliphatic rings. The Bertz CT molecular complexity index is 449. The molecule has 0 unspecified atom stereocenters. The molecule has 0 radical (unpaired) electrons. The summed E-state index contributed by atoms with van der Waals surface area (Å²) in [6.45, 7) is 3.19. The number of nitrogens with two attached hydrogens (primary N) is 1. The van der Waals surface area contributed by atoms with Crippen molar-refractivity contribution in [1.82, 2.24) is 0 Å². The Morgan fingerprint density at radius 1 is 0.952 bits per heavy atom. The van der Waals surface area contributed by atoms with E-state index in [0.29, 0.717) is 0 Å². The Morgan fingerprint density at radius 2 is 1.48 bits per heavy atom. The van der Waals surface area contributed by atoms with Gasteiger partial charge in [-0.3, -0.25) is 19.2 Å². The van der Waals surface area contributed by atoms with Crippen molar-refractivity contribution < 1.29 is 38.1 Å². The molecule has 0 aliphatic carbocycles. The van der Waals surface area contributed by atoms with Gasteiger partial charge in [-0.1, -0.05) is 0 Å². The smallest absolute Gasteiger partial charge is 0.303 e. The van der Waals surface area contributed by atoms with Crippen LogP contribution in [0.3, 0.4) is 0 Å². The monoisotopic (exact) mass is 303 g/mol. The molecular formula is C12H17NO8. The average molecular weight is 303 g/mol. The van der Waals surface area contributed by atoms with E-state index in [9.17, 15) is 19.2 Å². The molecule has 0 aromatic carbocycles. The molecule has 118 valence electrons. The summed E-state index contributed by atoms with van der Waals surface area (Å²) >= 11 is 0. The molecule has 0 aromatic heterocycles. The largest absolute Gasteiger partial charge is 0.463 e. The first-order valence-electron chi connectivity index (χ1n) is 6.15. The zero-order valence-electron chi connectivity index (χ0n) is 11.9. The van der Waals surface area contributed by atoms with Crippen molar-refractivity contribution in [3.05, 3.63) is 0 Å². The number of ether oxygens (including phenoxy) is 4. The van der Waals surface area contributed by atoms with Crippen LogP contribution in [-0.4, -0.2) is 54.8 Å². The van der Waals surface area contributed by atoms with Gasteiger partial charge < -0.3 is 24.7 Å². The Morgan fingerprint density at radius 3 is 1.90 bits per heavy atom. The third-order valence-electron chi connectivity index (χ3n) is 2.65. The molecule has 0 bridgehead atoms. The van der Waals surface area contributed by atoms with Gasteiger partial charge in [0.25, 0.3) is 5.91 Å². The van der Waals surface area contributed by atoms with Gasteiger partial charge in [-0.05, 0) is 0 Å². The van der Waals surface area contributed by atoms with Crippen LogP contribution in [0.5, 0.6) is 0 Å². The predicted octanol–water partition coefficient (Wildman–Crippen LogP) is -1.33. The van der Waals surface area contributed by atoms with Crippen molar-refractivity contribution in [3.8, 4) is 0 Å². The molecule has 21 heavy (non-hydrogen) atoms. The van der Waals surface area contributed by atoms with E-state index in [1.165, 1.54) is 6.92 Å². The summed E-state index contributed by atoms with van der Waals surface area (Å²) in [5.41, 5.74) is 5.17. The quantitative estimate of drug-likeness (QED) is 0.488. The molecule has 1 heterocycles. The molecule has 9 nitrogen and oxygen atoms in total. The highest BCUT2D eigenvalue weighted by Crippen LogP contribution is 2.27. The number of esters is 3. The molecule has 1 rings (SSSR count). The van der Waals surface area contributed by atoms with E-state index in [1.54, 1.807) is 0 Å². The van der Waals surface area contributed by atoms with E-state index in [2.05, 4.69) is 0 Å². The van der Waals surface area contributed by atoms with E-state index in [0.717, 1.165) is 13.8 Å². The number of carbonyl (C=O) groups is 4. The van der Waals surface area contributed by atoms with Gasteiger partial charge in [0.05, 0.1) is 0 Å². The summed E-state index contributed by atoms with van der Waals surface area (Å²) in [5, 5.41) is 0. The number of hydrogen-bond acceptors (Lipinski definition) is 8. The summed E-state index contributed by atoms with van der Waals surface area (Å²) in [6, 6.07) is 0. The van der Waals surface area contributed by atoms with Crippen molar-refractivity contribution in [3.63, 3.8) is 0 Å². The predicted molar refractivity (Wildman–Crippen MR) is 65.6 cm³/mol. The maximum absolute atomic E-state index is 11.4. The summed E-state index contributed by atoms with van der Waals surface area (Å²) in [5.74, 6) is -2.82. The lowest BCUT2D eigenvalue weighted by Gasteiger charge is -2.22. The Labute approximate surface area is 120 Å². The second-order valence-electron chi connectivity index (χ2n) is 4.45. The van der Waals surface area contributed by atoms with Crippen molar-refractivity contribution in [2.75, 3.05) is 6.61 Å². The molecule has 4 atom stereocenters. The fraction of sp³-hybridized carbons (Fsp3) is 0.667. The van der Waals surface area contributed by atoms with Crippen LogP contribution < -0.4 is 5.73 Å². The van der Waals surface area contributed by atoms with Crippen LogP contribution in [0.25, 0.3) is 0 Å². The lowest BCUT2D eigenvalue weighted by molar-refractivity contribution is -0.166.